The summed E-state index contributed by atoms with van der Waals surface area (Å²) in [7, 11) is 1.58. The van der Waals surface area contributed by atoms with Gasteiger partial charge in [0.15, 0.2) is 11.6 Å². The molecule has 2 aromatic carbocycles. The predicted octanol–water partition coefficient (Wildman–Crippen LogP) is 4.72. The number of amides is 1. The van der Waals surface area contributed by atoms with Crippen molar-refractivity contribution in [3.05, 3.63) is 76.9 Å². The Labute approximate surface area is 168 Å². The van der Waals surface area contributed by atoms with Gasteiger partial charge < -0.3 is 20.5 Å². The summed E-state index contributed by atoms with van der Waals surface area (Å²) in [6.07, 6.45) is 1.10. The summed E-state index contributed by atoms with van der Waals surface area (Å²) >= 11 is 5.95. The Bertz CT molecular complexity index is 994. The van der Waals surface area contributed by atoms with Gasteiger partial charge in [-0.25, -0.2) is 4.98 Å². The van der Waals surface area contributed by atoms with Crippen molar-refractivity contribution in [3.63, 3.8) is 0 Å². The quantitative estimate of drug-likeness (QED) is 0.628. The van der Waals surface area contributed by atoms with Crippen LogP contribution in [0.2, 0.25) is 5.02 Å². The number of ether oxygens (including phenoxy) is 2. The molecule has 1 aromatic heterocycles. The minimum atomic E-state index is -0.355. The molecule has 0 aliphatic rings. The van der Waals surface area contributed by atoms with E-state index in [2.05, 4.69) is 10.3 Å². The normalized spacial score (nSPS) is 11.5. The van der Waals surface area contributed by atoms with Crippen molar-refractivity contribution in [1.82, 2.24) is 4.98 Å². The summed E-state index contributed by atoms with van der Waals surface area (Å²) in [6, 6.07) is 16.0. The Morgan fingerprint density at radius 1 is 1.18 bits per heavy atom. The average molecular weight is 398 g/mol. The lowest BCUT2D eigenvalue weighted by Gasteiger charge is -2.17. The third-order valence-electron chi connectivity index (χ3n) is 4.10. The first-order valence-electron chi connectivity index (χ1n) is 8.59. The van der Waals surface area contributed by atoms with Gasteiger partial charge in [-0.2, -0.15) is 0 Å². The number of nitrogens with zero attached hydrogens (tertiary/aromatic N) is 1. The van der Waals surface area contributed by atoms with Gasteiger partial charge in [0, 0.05) is 29.6 Å². The molecule has 0 saturated carbocycles. The molecule has 3 rings (SSSR count). The second-order valence-electron chi connectivity index (χ2n) is 6.11. The molecule has 1 atom stereocenters. The maximum atomic E-state index is 12.6. The minimum Gasteiger partial charge on any atom is -0.497 e. The number of anilines is 2. The second kappa shape index (κ2) is 8.63. The van der Waals surface area contributed by atoms with Crippen LogP contribution in [0.5, 0.6) is 11.5 Å². The van der Waals surface area contributed by atoms with Crippen molar-refractivity contribution in [2.75, 3.05) is 18.2 Å². The molecule has 0 bridgehead atoms. The highest BCUT2D eigenvalue weighted by atomic mass is 35.5. The van der Waals surface area contributed by atoms with Gasteiger partial charge in [-0.05, 0) is 36.8 Å². The number of nitrogens with one attached hydrogen (secondary N) is 1. The van der Waals surface area contributed by atoms with Gasteiger partial charge in [0.1, 0.15) is 11.9 Å². The Kier molecular flexibility index (Phi) is 6.01. The first kappa shape index (κ1) is 19.5. The fraction of sp³-hybridized carbons (Fsp3) is 0.143. The van der Waals surface area contributed by atoms with Crippen LogP contribution in [0.3, 0.4) is 0 Å². The predicted molar refractivity (Wildman–Crippen MR) is 110 cm³/mol. The molecular weight excluding hydrogens is 378 g/mol. The van der Waals surface area contributed by atoms with Crippen LogP contribution in [0.25, 0.3) is 0 Å². The Hall–Kier alpha value is -3.25. The van der Waals surface area contributed by atoms with Crippen LogP contribution in [0, 0.1) is 0 Å². The van der Waals surface area contributed by atoms with E-state index in [4.69, 9.17) is 26.8 Å². The van der Waals surface area contributed by atoms with E-state index in [1.165, 1.54) is 6.20 Å². The smallest absolute Gasteiger partial charge is 0.255 e. The number of benzene rings is 2. The third kappa shape index (κ3) is 4.72. The molecule has 1 unspecified atom stereocenters. The molecule has 0 aliphatic heterocycles. The van der Waals surface area contributed by atoms with Crippen LogP contribution in [-0.4, -0.2) is 18.0 Å². The summed E-state index contributed by atoms with van der Waals surface area (Å²) in [6.45, 7) is 1.86. The SMILES string of the molecule is COc1cccc(NC(=O)c2cccc(C(C)Oc3cc(Cl)cnc3N)c2)c1. The first-order valence-corrected chi connectivity index (χ1v) is 8.97. The molecular formula is C21H20ClN3O3. The maximum absolute atomic E-state index is 12.6. The molecule has 3 aromatic rings. The van der Waals surface area contributed by atoms with E-state index >= 15 is 0 Å². The number of carbonyl (C=O) groups is 1. The molecule has 28 heavy (non-hydrogen) atoms. The number of pyridine rings is 1. The lowest BCUT2D eigenvalue weighted by Crippen LogP contribution is -2.13. The van der Waals surface area contributed by atoms with Crippen molar-refractivity contribution >= 4 is 29.0 Å². The Morgan fingerprint density at radius 2 is 1.96 bits per heavy atom. The number of nitrogen functional groups attached to an aromatic ring is 1. The van der Waals surface area contributed by atoms with Crippen molar-refractivity contribution in [2.45, 2.75) is 13.0 Å². The van der Waals surface area contributed by atoms with Crippen LogP contribution >= 0.6 is 11.6 Å². The van der Waals surface area contributed by atoms with E-state index < -0.39 is 0 Å². The van der Waals surface area contributed by atoms with Gasteiger partial charge in [0.2, 0.25) is 0 Å². The standard InChI is InChI=1S/C21H20ClN3O3/c1-13(28-19-10-16(22)12-24-20(19)23)14-5-3-6-15(9-14)21(26)25-17-7-4-8-18(11-17)27-2/h3-13H,1-2H3,(H2,23,24)(H,25,26). The summed E-state index contributed by atoms with van der Waals surface area (Å²) in [4.78, 5) is 16.6. The highest BCUT2D eigenvalue weighted by molar-refractivity contribution is 6.30. The molecule has 7 heteroatoms. The summed E-state index contributed by atoms with van der Waals surface area (Å²) < 4.78 is 11.0. The van der Waals surface area contributed by atoms with Crippen molar-refractivity contribution < 1.29 is 14.3 Å². The van der Waals surface area contributed by atoms with Gasteiger partial charge in [0.05, 0.1) is 12.1 Å². The summed E-state index contributed by atoms with van der Waals surface area (Å²) in [5.74, 6) is 1.09. The Balaban J connectivity index is 1.75. The molecule has 0 radical (unpaired) electrons. The molecule has 1 amide bonds. The highest BCUT2D eigenvalue weighted by Crippen LogP contribution is 2.28. The Morgan fingerprint density at radius 3 is 2.75 bits per heavy atom. The van der Waals surface area contributed by atoms with Crippen LogP contribution in [0.1, 0.15) is 28.9 Å². The van der Waals surface area contributed by atoms with E-state index in [1.807, 2.05) is 25.1 Å². The third-order valence-corrected chi connectivity index (χ3v) is 4.30. The summed E-state index contributed by atoms with van der Waals surface area (Å²) in [5.41, 5.74) is 7.81. The van der Waals surface area contributed by atoms with Gasteiger partial charge in [-0.3, -0.25) is 4.79 Å². The first-order chi connectivity index (χ1) is 13.5. The number of rotatable bonds is 6. The number of methoxy groups -OCH3 is 1. The van der Waals surface area contributed by atoms with Crippen LogP contribution in [0.4, 0.5) is 11.5 Å². The van der Waals surface area contributed by atoms with Crippen molar-refractivity contribution in [2.24, 2.45) is 0 Å². The largest absolute Gasteiger partial charge is 0.497 e. The van der Waals surface area contributed by atoms with E-state index in [0.717, 1.165) is 5.56 Å². The number of halogens is 1. The van der Waals surface area contributed by atoms with Crippen molar-refractivity contribution in [1.29, 1.82) is 0 Å². The maximum Gasteiger partial charge on any atom is 0.255 e. The number of hydrogen-bond acceptors (Lipinski definition) is 5. The lowest BCUT2D eigenvalue weighted by atomic mass is 10.1. The fourth-order valence-electron chi connectivity index (χ4n) is 2.62. The van der Waals surface area contributed by atoms with Gasteiger partial charge in [-0.1, -0.05) is 29.8 Å². The number of nitrogens with two attached hydrogens (primary N) is 1. The molecule has 144 valence electrons. The molecule has 0 saturated heterocycles. The van der Waals surface area contributed by atoms with Crippen LogP contribution < -0.4 is 20.5 Å². The topological polar surface area (TPSA) is 86.5 Å². The van der Waals surface area contributed by atoms with Crippen molar-refractivity contribution in [3.8, 4) is 11.5 Å². The zero-order valence-corrected chi connectivity index (χ0v) is 16.2. The van der Waals surface area contributed by atoms with E-state index in [0.29, 0.717) is 27.8 Å². The highest BCUT2D eigenvalue weighted by Gasteiger charge is 2.14. The van der Waals surface area contributed by atoms with Gasteiger partial charge in [0.25, 0.3) is 5.91 Å². The molecule has 6 nitrogen and oxygen atoms in total. The monoisotopic (exact) mass is 397 g/mol. The van der Waals surface area contributed by atoms with E-state index in [9.17, 15) is 4.79 Å². The van der Waals surface area contributed by atoms with E-state index in [-0.39, 0.29) is 17.8 Å². The van der Waals surface area contributed by atoms with Crippen LogP contribution in [-0.2, 0) is 0 Å². The molecule has 1 heterocycles. The second-order valence-corrected chi connectivity index (χ2v) is 6.54. The number of carbonyl (C=O) groups excluding carboxylic acids is 1. The average Bonchev–Trinajstić information content (AvgIpc) is 2.71. The molecule has 0 spiro atoms. The zero-order chi connectivity index (χ0) is 20.1. The van der Waals surface area contributed by atoms with Crippen LogP contribution in [0.15, 0.2) is 60.8 Å². The molecule has 0 fully saturated rings. The zero-order valence-electron chi connectivity index (χ0n) is 15.5. The lowest BCUT2D eigenvalue weighted by molar-refractivity contribution is 0.102. The number of hydrogen-bond donors (Lipinski definition) is 2. The number of aromatic nitrogens is 1. The van der Waals surface area contributed by atoms with E-state index in [1.54, 1.807) is 43.5 Å². The molecule has 3 N–H and O–H groups in total. The fourth-order valence-corrected chi connectivity index (χ4v) is 2.77. The minimum absolute atomic E-state index is 0.230. The van der Waals surface area contributed by atoms with Gasteiger partial charge in [-0.15, -0.1) is 0 Å². The summed E-state index contributed by atoms with van der Waals surface area (Å²) in [5, 5.41) is 3.29. The molecule has 0 aliphatic carbocycles. The van der Waals surface area contributed by atoms with Gasteiger partial charge >= 0.3 is 0 Å².